The van der Waals surface area contributed by atoms with E-state index in [1.165, 1.54) is 30.3 Å². The lowest BCUT2D eigenvalue weighted by Gasteiger charge is -2.19. The van der Waals surface area contributed by atoms with E-state index in [1.807, 2.05) is 0 Å². The summed E-state index contributed by atoms with van der Waals surface area (Å²) in [5.74, 6) is -1.72. The third-order valence-electron chi connectivity index (χ3n) is 3.57. The summed E-state index contributed by atoms with van der Waals surface area (Å²) in [5, 5.41) is 8.98. The Hall–Kier alpha value is -2.41. The van der Waals surface area contributed by atoms with Crippen molar-refractivity contribution in [2.45, 2.75) is 11.3 Å². The van der Waals surface area contributed by atoms with Gasteiger partial charge in [-0.05, 0) is 42.3 Å². The molecule has 114 valence electrons. The molecule has 0 aliphatic carbocycles. The SMILES string of the molecule is O=C(O)c1cccc(S(=O)(=O)N2CCc3ccc(F)cc32)c1. The van der Waals surface area contributed by atoms with Crippen LogP contribution < -0.4 is 4.31 Å². The van der Waals surface area contributed by atoms with Crippen molar-refractivity contribution in [3.63, 3.8) is 0 Å². The minimum Gasteiger partial charge on any atom is -0.478 e. The van der Waals surface area contributed by atoms with Crippen LogP contribution in [0.2, 0.25) is 0 Å². The van der Waals surface area contributed by atoms with Crippen molar-refractivity contribution in [2.75, 3.05) is 10.8 Å². The standard InChI is InChI=1S/C15H12FNO4S/c16-12-5-4-10-6-7-17(14(10)9-12)22(20,21)13-3-1-2-11(8-13)15(18)19/h1-5,8-9H,6-7H2,(H,18,19). The minimum absolute atomic E-state index is 0.111. The molecule has 0 aromatic heterocycles. The van der Waals surface area contributed by atoms with E-state index < -0.39 is 21.8 Å². The topological polar surface area (TPSA) is 74.7 Å². The van der Waals surface area contributed by atoms with Gasteiger partial charge in [0.2, 0.25) is 0 Å². The molecule has 0 fully saturated rings. The lowest BCUT2D eigenvalue weighted by atomic mass is 10.2. The zero-order valence-corrected chi connectivity index (χ0v) is 12.2. The first kappa shape index (κ1) is 14.5. The zero-order valence-electron chi connectivity index (χ0n) is 11.4. The van der Waals surface area contributed by atoms with Crippen LogP contribution in [0, 0.1) is 5.82 Å². The van der Waals surface area contributed by atoms with E-state index in [9.17, 15) is 17.6 Å². The first-order valence-electron chi connectivity index (χ1n) is 6.54. The van der Waals surface area contributed by atoms with E-state index >= 15 is 0 Å². The smallest absolute Gasteiger partial charge is 0.335 e. The van der Waals surface area contributed by atoms with Crippen LogP contribution in [0.5, 0.6) is 0 Å². The minimum atomic E-state index is -3.92. The van der Waals surface area contributed by atoms with Gasteiger partial charge in [-0.25, -0.2) is 17.6 Å². The number of hydrogen-bond acceptors (Lipinski definition) is 3. The van der Waals surface area contributed by atoms with Gasteiger partial charge in [-0.15, -0.1) is 0 Å². The highest BCUT2D eigenvalue weighted by atomic mass is 32.2. The molecule has 2 aromatic rings. The number of halogens is 1. The van der Waals surface area contributed by atoms with E-state index in [4.69, 9.17) is 5.11 Å². The summed E-state index contributed by atoms with van der Waals surface area (Å²) in [6, 6.07) is 9.17. The molecule has 0 radical (unpaired) electrons. The van der Waals surface area contributed by atoms with E-state index in [-0.39, 0.29) is 17.0 Å². The Morgan fingerprint density at radius 2 is 1.95 bits per heavy atom. The molecule has 1 aliphatic heterocycles. The summed E-state index contributed by atoms with van der Waals surface area (Å²) < 4.78 is 39.9. The van der Waals surface area contributed by atoms with Crippen molar-refractivity contribution >= 4 is 21.7 Å². The number of carboxylic acid groups (broad SMARTS) is 1. The molecule has 0 spiro atoms. The quantitative estimate of drug-likeness (QED) is 0.941. The normalized spacial score (nSPS) is 14.0. The third-order valence-corrected chi connectivity index (χ3v) is 5.38. The summed E-state index contributed by atoms with van der Waals surface area (Å²) in [6.45, 7) is 0.207. The molecule has 0 atom stereocenters. The highest BCUT2D eigenvalue weighted by Gasteiger charge is 2.31. The van der Waals surface area contributed by atoms with Gasteiger partial charge in [-0.2, -0.15) is 0 Å². The number of carboxylic acids is 1. The van der Waals surface area contributed by atoms with Crippen LogP contribution in [-0.4, -0.2) is 26.0 Å². The number of fused-ring (bicyclic) bond motifs is 1. The summed E-state index contributed by atoms with van der Waals surface area (Å²) in [6.07, 6.45) is 0.494. The average Bonchev–Trinajstić information content (AvgIpc) is 2.91. The van der Waals surface area contributed by atoms with E-state index in [0.717, 1.165) is 15.9 Å². The Bertz CT molecular complexity index is 864. The molecule has 7 heteroatoms. The van der Waals surface area contributed by atoms with E-state index in [2.05, 4.69) is 0 Å². The Morgan fingerprint density at radius 1 is 1.18 bits per heavy atom. The van der Waals surface area contributed by atoms with Crippen LogP contribution >= 0.6 is 0 Å². The van der Waals surface area contributed by atoms with Crippen LogP contribution in [0.25, 0.3) is 0 Å². The Morgan fingerprint density at radius 3 is 2.68 bits per heavy atom. The average molecular weight is 321 g/mol. The number of aromatic carboxylic acids is 1. The predicted molar refractivity (Wildman–Crippen MR) is 78.0 cm³/mol. The van der Waals surface area contributed by atoms with Crippen molar-refractivity contribution in [3.8, 4) is 0 Å². The fourth-order valence-corrected chi connectivity index (χ4v) is 4.03. The molecule has 2 aromatic carbocycles. The molecule has 0 bridgehead atoms. The Kier molecular flexibility index (Phi) is 3.37. The van der Waals surface area contributed by atoms with Crippen molar-refractivity contribution in [2.24, 2.45) is 0 Å². The van der Waals surface area contributed by atoms with Gasteiger partial charge in [0.25, 0.3) is 10.0 Å². The molecule has 0 unspecified atom stereocenters. The van der Waals surface area contributed by atoms with Crippen LogP contribution in [0.1, 0.15) is 15.9 Å². The molecule has 1 aliphatic rings. The lowest BCUT2D eigenvalue weighted by molar-refractivity contribution is 0.0696. The summed E-state index contributed by atoms with van der Waals surface area (Å²) in [7, 11) is -3.92. The van der Waals surface area contributed by atoms with Crippen molar-refractivity contribution in [1.29, 1.82) is 0 Å². The number of carbonyl (C=O) groups is 1. The predicted octanol–water partition coefficient (Wildman–Crippen LogP) is 2.28. The van der Waals surface area contributed by atoms with Gasteiger partial charge >= 0.3 is 5.97 Å². The van der Waals surface area contributed by atoms with Crippen LogP contribution in [0.15, 0.2) is 47.4 Å². The Balaban J connectivity index is 2.08. The molecule has 1 N–H and O–H groups in total. The largest absolute Gasteiger partial charge is 0.478 e. The second-order valence-electron chi connectivity index (χ2n) is 4.93. The lowest BCUT2D eigenvalue weighted by Crippen LogP contribution is -2.29. The fraction of sp³-hybridized carbons (Fsp3) is 0.133. The second-order valence-corrected chi connectivity index (χ2v) is 6.80. The number of rotatable bonds is 3. The van der Waals surface area contributed by atoms with Crippen molar-refractivity contribution in [3.05, 3.63) is 59.4 Å². The number of hydrogen-bond donors (Lipinski definition) is 1. The molecule has 3 rings (SSSR count). The van der Waals surface area contributed by atoms with Gasteiger partial charge in [0.15, 0.2) is 0 Å². The summed E-state index contributed by atoms with van der Waals surface area (Å²) >= 11 is 0. The molecule has 0 amide bonds. The molecule has 5 nitrogen and oxygen atoms in total. The summed E-state index contributed by atoms with van der Waals surface area (Å²) in [5.41, 5.74) is 0.944. The van der Waals surface area contributed by atoms with Gasteiger partial charge in [0.05, 0.1) is 16.1 Å². The monoisotopic (exact) mass is 321 g/mol. The van der Waals surface area contributed by atoms with Crippen LogP contribution in [0.3, 0.4) is 0 Å². The van der Waals surface area contributed by atoms with Gasteiger partial charge in [0, 0.05) is 6.54 Å². The highest BCUT2D eigenvalue weighted by Crippen LogP contribution is 2.33. The Labute approximate surface area is 126 Å². The maximum atomic E-state index is 13.4. The second kappa shape index (κ2) is 5.10. The maximum Gasteiger partial charge on any atom is 0.335 e. The van der Waals surface area contributed by atoms with Crippen molar-refractivity contribution in [1.82, 2.24) is 0 Å². The first-order valence-corrected chi connectivity index (χ1v) is 7.98. The molecular weight excluding hydrogens is 309 g/mol. The molecule has 0 saturated heterocycles. The van der Waals surface area contributed by atoms with Gasteiger partial charge < -0.3 is 5.11 Å². The van der Waals surface area contributed by atoms with Crippen LogP contribution in [0.4, 0.5) is 10.1 Å². The molecule has 0 saturated carbocycles. The van der Waals surface area contributed by atoms with Gasteiger partial charge in [-0.1, -0.05) is 12.1 Å². The van der Waals surface area contributed by atoms with E-state index in [1.54, 1.807) is 6.07 Å². The fourth-order valence-electron chi connectivity index (χ4n) is 2.49. The molecular formula is C15H12FNO4S. The van der Waals surface area contributed by atoms with Crippen molar-refractivity contribution < 1.29 is 22.7 Å². The first-order chi connectivity index (χ1) is 10.4. The molecule has 1 heterocycles. The number of anilines is 1. The highest BCUT2D eigenvalue weighted by molar-refractivity contribution is 7.92. The van der Waals surface area contributed by atoms with Gasteiger partial charge in [-0.3, -0.25) is 4.31 Å². The third kappa shape index (κ3) is 2.33. The zero-order chi connectivity index (χ0) is 15.9. The number of nitrogens with zero attached hydrogens (tertiary/aromatic N) is 1. The number of benzene rings is 2. The van der Waals surface area contributed by atoms with Gasteiger partial charge in [0.1, 0.15) is 5.82 Å². The molecule has 22 heavy (non-hydrogen) atoms. The maximum absolute atomic E-state index is 13.4. The summed E-state index contributed by atoms with van der Waals surface area (Å²) in [4.78, 5) is 10.9. The van der Waals surface area contributed by atoms with E-state index in [0.29, 0.717) is 12.1 Å². The van der Waals surface area contributed by atoms with Crippen LogP contribution in [-0.2, 0) is 16.4 Å². The number of sulfonamides is 1.